The summed E-state index contributed by atoms with van der Waals surface area (Å²) in [5, 5.41) is 19.9. The Balaban J connectivity index is 2.42. The number of rotatable bonds is 3. The highest BCUT2D eigenvalue weighted by molar-refractivity contribution is 5.78. The first-order chi connectivity index (χ1) is 9.91. The highest BCUT2D eigenvalue weighted by atomic mass is 15.4. The third-order valence-corrected chi connectivity index (χ3v) is 3.51. The zero-order valence-electron chi connectivity index (χ0n) is 12.5. The Morgan fingerprint density at radius 1 is 1.33 bits per heavy atom. The smallest absolute Gasteiger partial charge is 0.171 e. The van der Waals surface area contributed by atoms with E-state index in [1.807, 2.05) is 30.1 Å². The summed E-state index contributed by atoms with van der Waals surface area (Å²) >= 11 is 0. The molecule has 1 aromatic heterocycles. The number of aromatic nitrogens is 2. The van der Waals surface area contributed by atoms with Gasteiger partial charge in [-0.25, -0.2) is 0 Å². The molecule has 1 atom stereocenters. The maximum Gasteiger partial charge on any atom is 0.171 e. The molecule has 0 saturated heterocycles. The zero-order chi connectivity index (χ0) is 15.6. The van der Waals surface area contributed by atoms with Crippen LogP contribution in [0.3, 0.4) is 0 Å². The van der Waals surface area contributed by atoms with Crippen LogP contribution in [0.4, 0.5) is 11.5 Å². The fourth-order valence-corrected chi connectivity index (χ4v) is 2.08. The topological polar surface area (TPSA) is 94.8 Å². The van der Waals surface area contributed by atoms with E-state index >= 15 is 0 Å². The van der Waals surface area contributed by atoms with Crippen molar-refractivity contribution in [2.45, 2.75) is 19.9 Å². The predicted octanol–water partition coefficient (Wildman–Crippen LogP) is 1.99. The molecule has 21 heavy (non-hydrogen) atoms. The number of nitrogen functional groups attached to an aromatic ring is 1. The molecule has 0 bridgehead atoms. The zero-order valence-corrected chi connectivity index (χ0v) is 12.5. The summed E-state index contributed by atoms with van der Waals surface area (Å²) in [6.45, 7) is 3.65. The van der Waals surface area contributed by atoms with Gasteiger partial charge < -0.3 is 10.6 Å². The van der Waals surface area contributed by atoms with Gasteiger partial charge in [0.15, 0.2) is 11.3 Å². The maximum atomic E-state index is 7.85. The van der Waals surface area contributed by atoms with Crippen molar-refractivity contribution < 1.29 is 0 Å². The van der Waals surface area contributed by atoms with Crippen LogP contribution in [0.1, 0.15) is 25.5 Å². The summed E-state index contributed by atoms with van der Waals surface area (Å²) in [5.41, 5.74) is 7.36. The molecule has 0 amide bonds. The molecule has 6 heteroatoms. The summed E-state index contributed by atoms with van der Waals surface area (Å²) in [5.74, 6) is 0.792. The van der Waals surface area contributed by atoms with Gasteiger partial charge in [0.25, 0.3) is 0 Å². The van der Waals surface area contributed by atoms with Crippen LogP contribution in [0.15, 0.2) is 36.4 Å². The van der Waals surface area contributed by atoms with E-state index in [4.69, 9.17) is 16.6 Å². The molecule has 110 valence electrons. The van der Waals surface area contributed by atoms with Crippen LogP contribution in [0.2, 0.25) is 0 Å². The summed E-state index contributed by atoms with van der Waals surface area (Å²) < 4.78 is 1.23. The van der Waals surface area contributed by atoms with Crippen LogP contribution >= 0.6 is 0 Å². The predicted molar refractivity (Wildman–Crippen MR) is 84.6 cm³/mol. The normalized spacial score (nSPS) is 12.0. The van der Waals surface area contributed by atoms with Crippen molar-refractivity contribution in [1.29, 1.82) is 10.8 Å². The lowest BCUT2D eigenvalue weighted by Gasteiger charge is -2.27. The molecule has 0 fully saturated rings. The second kappa shape index (κ2) is 5.78. The molecule has 1 aromatic carbocycles. The van der Waals surface area contributed by atoms with E-state index in [2.05, 4.69) is 24.2 Å². The minimum absolute atomic E-state index is 0.0343. The molecular formula is C15H20N6. The second-order valence-electron chi connectivity index (χ2n) is 5.00. The van der Waals surface area contributed by atoms with Gasteiger partial charge in [0.1, 0.15) is 5.84 Å². The SMILES string of the molecule is CC(=N)n1nc(N(C)[C@@H](C)c2ccccc2)cc(N)c1=N. The average Bonchev–Trinajstić information content (AvgIpc) is 2.49. The Hall–Kier alpha value is -2.63. The molecule has 0 aliphatic heterocycles. The highest BCUT2D eigenvalue weighted by Gasteiger charge is 2.15. The van der Waals surface area contributed by atoms with Crippen molar-refractivity contribution in [3.8, 4) is 0 Å². The number of hydrogen-bond acceptors (Lipinski definition) is 5. The van der Waals surface area contributed by atoms with Gasteiger partial charge in [-0.15, -0.1) is 5.10 Å². The van der Waals surface area contributed by atoms with Crippen molar-refractivity contribution in [2.75, 3.05) is 17.7 Å². The number of hydrogen-bond donors (Lipinski definition) is 3. The largest absolute Gasteiger partial charge is 0.396 e. The first-order valence-electron chi connectivity index (χ1n) is 6.69. The molecule has 0 aliphatic rings. The molecule has 0 unspecified atom stereocenters. The van der Waals surface area contributed by atoms with Gasteiger partial charge in [-0.1, -0.05) is 30.3 Å². The van der Waals surface area contributed by atoms with Gasteiger partial charge in [0.2, 0.25) is 0 Å². The van der Waals surface area contributed by atoms with Crippen LogP contribution in [-0.4, -0.2) is 22.7 Å². The number of nitrogens with zero attached hydrogens (tertiary/aromatic N) is 3. The average molecular weight is 284 g/mol. The summed E-state index contributed by atoms with van der Waals surface area (Å²) in [4.78, 5) is 1.98. The maximum absolute atomic E-state index is 7.85. The van der Waals surface area contributed by atoms with Gasteiger partial charge in [-0.2, -0.15) is 4.68 Å². The standard InChI is InChI=1S/C15H20N6/c1-10(12-7-5-4-6-8-12)20(3)14-9-13(17)15(18)21(19-14)11(2)16/h4-10,16,18H,17H2,1-3H3/t10-/m0/s1. The molecule has 0 radical (unpaired) electrons. The Kier molecular flexibility index (Phi) is 4.07. The second-order valence-corrected chi connectivity index (χ2v) is 5.00. The van der Waals surface area contributed by atoms with Crippen molar-refractivity contribution in [2.24, 2.45) is 0 Å². The van der Waals surface area contributed by atoms with Gasteiger partial charge >= 0.3 is 0 Å². The van der Waals surface area contributed by atoms with E-state index in [1.165, 1.54) is 4.68 Å². The van der Waals surface area contributed by atoms with E-state index in [0.717, 1.165) is 5.56 Å². The quantitative estimate of drug-likeness (QED) is 0.594. The molecule has 6 nitrogen and oxygen atoms in total. The molecule has 0 aliphatic carbocycles. The van der Waals surface area contributed by atoms with Crippen LogP contribution in [0, 0.1) is 10.8 Å². The van der Waals surface area contributed by atoms with Gasteiger partial charge in [-0.05, 0) is 19.4 Å². The lowest BCUT2D eigenvalue weighted by atomic mass is 10.1. The summed E-state index contributed by atoms with van der Waals surface area (Å²) in [6.07, 6.45) is 0. The van der Waals surface area contributed by atoms with E-state index in [-0.39, 0.29) is 17.4 Å². The molecule has 2 rings (SSSR count). The molecular weight excluding hydrogens is 264 g/mol. The van der Waals surface area contributed by atoms with Crippen LogP contribution < -0.4 is 16.1 Å². The molecule has 2 aromatic rings. The third kappa shape index (κ3) is 2.94. The molecule has 1 heterocycles. The van der Waals surface area contributed by atoms with Crippen LogP contribution in [0.5, 0.6) is 0 Å². The van der Waals surface area contributed by atoms with Gasteiger partial charge in [0, 0.05) is 13.1 Å². The van der Waals surface area contributed by atoms with Crippen molar-refractivity contribution in [3.05, 3.63) is 47.4 Å². The van der Waals surface area contributed by atoms with E-state index in [1.54, 1.807) is 13.0 Å². The van der Waals surface area contributed by atoms with E-state index in [9.17, 15) is 0 Å². The molecule has 0 spiro atoms. The third-order valence-electron chi connectivity index (χ3n) is 3.51. The summed E-state index contributed by atoms with van der Waals surface area (Å²) in [6, 6.07) is 11.9. The van der Waals surface area contributed by atoms with Crippen molar-refractivity contribution >= 4 is 17.3 Å². The van der Waals surface area contributed by atoms with E-state index in [0.29, 0.717) is 11.5 Å². The molecule has 4 N–H and O–H groups in total. The first-order valence-corrected chi connectivity index (χ1v) is 6.69. The number of nitrogens with two attached hydrogens (primary N) is 1. The Bertz CT molecular complexity index is 704. The van der Waals surface area contributed by atoms with E-state index < -0.39 is 0 Å². The molecule has 0 saturated carbocycles. The fourth-order valence-electron chi connectivity index (χ4n) is 2.08. The lowest BCUT2D eigenvalue weighted by molar-refractivity contribution is 0.701. The Morgan fingerprint density at radius 3 is 2.52 bits per heavy atom. The first kappa shape index (κ1) is 14.8. The summed E-state index contributed by atoms with van der Waals surface area (Å²) in [7, 11) is 1.92. The highest BCUT2D eigenvalue weighted by Crippen LogP contribution is 2.23. The monoisotopic (exact) mass is 284 g/mol. The number of nitrogens with one attached hydrogen (secondary N) is 2. The number of benzene rings is 1. The number of anilines is 2. The minimum Gasteiger partial charge on any atom is -0.396 e. The Labute approximate surface area is 123 Å². The van der Waals surface area contributed by atoms with Crippen molar-refractivity contribution in [1.82, 2.24) is 9.78 Å². The van der Waals surface area contributed by atoms with Crippen LogP contribution in [0.25, 0.3) is 0 Å². The van der Waals surface area contributed by atoms with Gasteiger partial charge in [-0.3, -0.25) is 10.8 Å². The fraction of sp³-hybridized carbons (Fsp3) is 0.267. The Morgan fingerprint density at radius 2 is 1.95 bits per heavy atom. The minimum atomic E-state index is 0.0343. The van der Waals surface area contributed by atoms with Gasteiger partial charge in [0.05, 0.1) is 11.7 Å². The lowest BCUT2D eigenvalue weighted by Crippen LogP contribution is -2.33. The van der Waals surface area contributed by atoms with Crippen molar-refractivity contribution in [3.63, 3.8) is 0 Å². The van der Waals surface area contributed by atoms with Crippen LogP contribution in [-0.2, 0) is 0 Å².